The first kappa shape index (κ1) is 14.6. The van der Waals surface area contributed by atoms with E-state index in [4.69, 9.17) is 5.73 Å². The number of nitrogens with two attached hydrogens (primary N) is 1. The van der Waals surface area contributed by atoms with E-state index >= 15 is 0 Å². The number of hydrogen-bond donors (Lipinski definition) is 2. The smallest absolute Gasteiger partial charge is 0.295 e. The third-order valence-corrected chi connectivity index (χ3v) is 2.85. The maximum Gasteiger partial charge on any atom is 0.295 e. The fraction of sp³-hybridized carbons (Fsp3) is 0.154. The molecule has 2 aromatic rings. The summed E-state index contributed by atoms with van der Waals surface area (Å²) in [6.45, 7) is 1.63. The van der Waals surface area contributed by atoms with Crippen LogP contribution in [0.4, 0.5) is 25.8 Å². The number of nitrogens with one attached hydrogen (secondary N) is 1. The Morgan fingerprint density at radius 1 is 1.43 bits per heavy atom. The SMILES string of the molecule is Cc1cnc(CNc2ccc([N+](=O)[O-])c(N)c2F)c(F)c1. The summed E-state index contributed by atoms with van der Waals surface area (Å²) in [6, 6.07) is 3.57. The third kappa shape index (κ3) is 3.04. The van der Waals surface area contributed by atoms with Gasteiger partial charge in [-0.1, -0.05) is 0 Å². The van der Waals surface area contributed by atoms with Gasteiger partial charge in [-0.15, -0.1) is 0 Å². The average Bonchev–Trinajstić information content (AvgIpc) is 2.41. The van der Waals surface area contributed by atoms with Crippen LogP contribution in [0.1, 0.15) is 11.3 Å². The number of halogens is 2. The fourth-order valence-corrected chi connectivity index (χ4v) is 1.75. The van der Waals surface area contributed by atoms with Gasteiger partial charge in [0.25, 0.3) is 5.69 Å². The molecule has 6 nitrogen and oxygen atoms in total. The van der Waals surface area contributed by atoms with Crippen molar-refractivity contribution in [1.82, 2.24) is 4.98 Å². The van der Waals surface area contributed by atoms with Crippen LogP contribution < -0.4 is 11.1 Å². The highest BCUT2D eigenvalue weighted by atomic mass is 19.1. The molecule has 0 atom stereocenters. The average molecular weight is 294 g/mol. The van der Waals surface area contributed by atoms with E-state index < -0.39 is 27.9 Å². The Morgan fingerprint density at radius 3 is 2.76 bits per heavy atom. The van der Waals surface area contributed by atoms with Crippen LogP contribution >= 0.6 is 0 Å². The molecule has 1 aromatic heterocycles. The number of nitro benzene ring substituents is 1. The number of nitro groups is 1. The number of pyridine rings is 1. The number of nitrogen functional groups attached to an aromatic ring is 1. The van der Waals surface area contributed by atoms with E-state index in [9.17, 15) is 18.9 Å². The lowest BCUT2D eigenvalue weighted by Gasteiger charge is -2.09. The second-order valence-electron chi connectivity index (χ2n) is 4.41. The molecule has 8 heteroatoms. The highest BCUT2D eigenvalue weighted by Gasteiger charge is 2.18. The molecule has 110 valence electrons. The first-order valence-electron chi connectivity index (χ1n) is 5.97. The summed E-state index contributed by atoms with van der Waals surface area (Å²) in [5.74, 6) is -1.46. The van der Waals surface area contributed by atoms with Gasteiger partial charge < -0.3 is 11.1 Å². The Kier molecular flexibility index (Phi) is 3.97. The topological polar surface area (TPSA) is 94.1 Å². The molecule has 0 aliphatic heterocycles. The van der Waals surface area contributed by atoms with E-state index in [2.05, 4.69) is 10.3 Å². The summed E-state index contributed by atoms with van der Waals surface area (Å²) in [7, 11) is 0. The van der Waals surface area contributed by atoms with Gasteiger partial charge in [0.1, 0.15) is 11.5 Å². The van der Waals surface area contributed by atoms with Gasteiger partial charge in [-0.05, 0) is 24.6 Å². The van der Waals surface area contributed by atoms with E-state index in [1.807, 2.05) is 0 Å². The minimum atomic E-state index is -0.947. The molecule has 21 heavy (non-hydrogen) atoms. The van der Waals surface area contributed by atoms with Gasteiger partial charge in [0.05, 0.1) is 22.8 Å². The maximum absolute atomic E-state index is 13.9. The van der Waals surface area contributed by atoms with E-state index in [1.54, 1.807) is 6.92 Å². The minimum Gasteiger partial charge on any atom is -0.391 e. The van der Waals surface area contributed by atoms with Gasteiger partial charge in [-0.2, -0.15) is 0 Å². The molecule has 0 aliphatic rings. The van der Waals surface area contributed by atoms with Crippen LogP contribution in [-0.4, -0.2) is 9.91 Å². The van der Waals surface area contributed by atoms with Crippen molar-refractivity contribution >= 4 is 17.1 Å². The van der Waals surface area contributed by atoms with Crippen molar-refractivity contribution in [3.8, 4) is 0 Å². The number of aromatic nitrogens is 1. The molecular weight excluding hydrogens is 282 g/mol. The predicted octanol–water partition coefficient (Wildman–Crippen LogP) is 2.77. The van der Waals surface area contributed by atoms with Gasteiger partial charge in [-0.25, -0.2) is 8.78 Å². The molecule has 0 amide bonds. The highest BCUT2D eigenvalue weighted by molar-refractivity contribution is 5.67. The van der Waals surface area contributed by atoms with Crippen molar-refractivity contribution in [2.75, 3.05) is 11.1 Å². The summed E-state index contributed by atoms with van der Waals surface area (Å²) < 4.78 is 27.5. The zero-order chi connectivity index (χ0) is 15.6. The Bertz CT molecular complexity index is 707. The Hall–Kier alpha value is -2.77. The largest absolute Gasteiger partial charge is 0.391 e. The zero-order valence-corrected chi connectivity index (χ0v) is 11.1. The number of hydrogen-bond acceptors (Lipinski definition) is 5. The number of aryl methyl sites for hydroxylation is 1. The molecular formula is C13H12F2N4O2. The molecule has 0 aliphatic carbocycles. The Morgan fingerprint density at radius 2 is 2.14 bits per heavy atom. The van der Waals surface area contributed by atoms with Crippen molar-refractivity contribution in [3.63, 3.8) is 0 Å². The minimum absolute atomic E-state index is 0.0557. The highest BCUT2D eigenvalue weighted by Crippen LogP contribution is 2.29. The van der Waals surface area contributed by atoms with Crippen molar-refractivity contribution in [3.05, 3.63) is 57.4 Å². The summed E-state index contributed by atoms with van der Waals surface area (Å²) >= 11 is 0. The zero-order valence-electron chi connectivity index (χ0n) is 11.1. The van der Waals surface area contributed by atoms with Crippen molar-refractivity contribution < 1.29 is 13.7 Å². The van der Waals surface area contributed by atoms with Crippen LogP contribution in [0.3, 0.4) is 0 Å². The van der Waals surface area contributed by atoms with Gasteiger partial charge in [0.15, 0.2) is 5.82 Å². The summed E-state index contributed by atoms with van der Waals surface area (Å²) in [5.41, 5.74) is 4.99. The molecule has 0 spiro atoms. The van der Waals surface area contributed by atoms with Crippen LogP contribution in [0.25, 0.3) is 0 Å². The molecule has 1 heterocycles. The van der Waals surface area contributed by atoms with Crippen LogP contribution in [0, 0.1) is 28.7 Å². The first-order valence-corrected chi connectivity index (χ1v) is 5.97. The van der Waals surface area contributed by atoms with Gasteiger partial charge >= 0.3 is 0 Å². The summed E-state index contributed by atoms with van der Waals surface area (Å²) in [5, 5.41) is 13.2. The Labute approximate surface area is 118 Å². The van der Waals surface area contributed by atoms with Crippen molar-refractivity contribution in [2.24, 2.45) is 0 Å². The quantitative estimate of drug-likeness (QED) is 0.513. The fourth-order valence-electron chi connectivity index (χ4n) is 1.75. The molecule has 0 bridgehead atoms. The van der Waals surface area contributed by atoms with E-state index in [0.717, 1.165) is 6.07 Å². The number of benzene rings is 1. The van der Waals surface area contributed by atoms with E-state index in [-0.39, 0.29) is 17.9 Å². The monoisotopic (exact) mass is 294 g/mol. The normalized spacial score (nSPS) is 10.4. The molecule has 1 aromatic carbocycles. The molecule has 0 radical (unpaired) electrons. The molecule has 2 rings (SSSR count). The number of anilines is 2. The lowest BCUT2D eigenvalue weighted by molar-refractivity contribution is -0.384. The first-order chi connectivity index (χ1) is 9.90. The van der Waals surface area contributed by atoms with Crippen molar-refractivity contribution in [1.29, 1.82) is 0 Å². The molecule has 0 saturated carbocycles. The number of rotatable bonds is 4. The maximum atomic E-state index is 13.9. The van der Waals surface area contributed by atoms with Gasteiger partial charge in [0.2, 0.25) is 0 Å². The lowest BCUT2D eigenvalue weighted by Crippen LogP contribution is -2.08. The number of nitrogens with zero attached hydrogens (tertiary/aromatic N) is 2. The molecule has 3 N–H and O–H groups in total. The Balaban J connectivity index is 2.21. The van der Waals surface area contributed by atoms with Crippen LogP contribution in [0.15, 0.2) is 24.4 Å². The molecule has 0 fully saturated rings. The van der Waals surface area contributed by atoms with Crippen LogP contribution in [0.5, 0.6) is 0 Å². The van der Waals surface area contributed by atoms with Crippen LogP contribution in [0.2, 0.25) is 0 Å². The predicted molar refractivity (Wildman–Crippen MR) is 73.7 cm³/mol. The van der Waals surface area contributed by atoms with E-state index in [0.29, 0.717) is 5.56 Å². The molecule has 0 unspecified atom stereocenters. The summed E-state index contributed by atoms with van der Waals surface area (Å²) in [6.07, 6.45) is 1.49. The third-order valence-electron chi connectivity index (χ3n) is 2.85. The lowest BCUT2D eigenvalue weighted by atomic mass is 10.2. The standard InChI is InChI=1S/C13H12F2N4O2/c1-7-4-8(14)10(17-5-7)6-18-9-2-3-11(19(20)21)13(16)12(9)15/h2-5,18H,6,16H2,1H3. The van der Waals surface area contributed by atoms with Crippen LogP contribution in [-0.2, 0) is 6.54 Å². The second-order valence-corrected chi connectivity index (χ2v) is 4.41. The molecule has 0 saturated heterocycles. The van der Waals surface area contributed by atoms with Crippen molar-refractivity contribution in [2.45, 2.75) is 13.5 Å². The van der Waals surface area contributed by atoms with E-state index in [1.165, 1.54) is 18.3 Å². The van der Waals surface area contributed by atoms with Gasteiger partial charge in [0, 0.05) is 12.3 Å². The summed E-state index contributed by atoms with van der Waals surface area (Å²) in [4.78, 5) is 13.7. The van der Waals surface area contributed by atoms with Gasteiger partial charge in [-0.3, -0.25) is 15.1 Å². The second kappa shape index (κ2) is 5.70.